The molecular weight excluding hydrogens is 272 g/mol. The number of nitrogens with zero attached hydrogens (tertiary/aromatic N) is 1. The third kappa shape index (κ3) is 4.11. The number of carbonyl (C=O) groups excluding carboxylic acids is 1. The summed E-state index contributed by atoms with van der Waals surface area (Å²) in [6.07, 6.45) is 1.84. The molecule has 21 heavy (non-hydrogen) atoms. The molecule has 0 heterocycles. The van der Waals surface area contributed by atoms with Gasteiger partial charge in [-0.2, -0.15) is 0 Å². The summed E-state index contributed by atoms with van der Waals surface area (Å²) in [6.45, 7) is 2.14. The molecule has 0 unspecified atom stereocenters. The maximum absolute atomic E-state index is 12.3. The van der Waals surface area contributed by atoms with Crippen LogP contribution in [0.2, 0.25) is 0 Å². The van der Waals surface area contributed by atoms with Crippen molar-refractivity contribution in [2.75, 3.05) is 19.0 Å². The van der Waals surface area contributed by atoms with Crippen molar-refractivity contribution in [3.63, 3.8) is 0 Å². The predicted octanol–water partition coefficient (Wildman–Crippen LogP) is 2.47. The Labute approximate surface area is 123 Å². The summed E-state index contributed by atoms with van der Waals surface area (Å²) in [6, 6.07) is 5.32. The van der Waals surface area contributed by atoms with Crippen LogP contribution in [0.3, 0.4) is 0 Å². The SMILES string of the molecule is COc1ccc(NC(=O)N(CCC(=O)O)C2CC2)cc1C. The molecule has 2 N–H and O–H groups in total. The molecule has 6 heteroatoms. The van der Waals surface area contributed by atoms with Gasteiger partial charge in [0.1, 0.15) is 5.75 Å². The first-order valence-electron chi connectivity index (χ1n) is 6.95. The molecule has 114 valence electrons. The van der Waals surface area contributed by atoms with Crippen molar-refractivity contribution in [3.05, 3.63) is 23.8 Å². The summed E-state index contributed by atoms with van der Waals surface area (Å²) in [4.78, 5) is 24.5. The maximum Gasteiger partial charge on any atom is 0.322 e. The third-order valence-electron chi connectivity index (χ3n) is 3.46. The summed E-state index contributed by atoms with van der Waals surface area (Å²) in [5.74, 6) is -0.133. The van der Waals surface area contributed by atoms with Crippen molar-refractivity contribution >= 4 is 17.7 Å². The van der Waals surface area contributed by atoms with E-state index < -0.39 is 5.97 Å². The van der Waals surface area contributed by atoms with E-state index in [2.05, 4.69) is 5.32 Å². The number of urea groups is 1. The van der Waals surface area contributed by atoms with Crippen LogP contribution in [0.4, 0.5) is 10.5 Å². The third-order valence-corrected chi connectivity index (χ3v) is 3.46. The number of carboxylic acids is 1. The number of benzene rings is 1. The molecule has 1 aliphatic rings. The number of anilines is 1. The molecule has 0 spiro atoms. The molecule has 1 saturated carbocycles. The van der Waals surface area contributed by atoms with Crippen LogP contribution in [0.15, 0.2) is 18.2 Å². The van der Waals surface area contributed by atoms with E-state index in [1.165, 1.54) is 0 Å². The molecule has 0 bridgehead atoms. The molecule has 0 saturated heterocycles. The van der Waals surface area contributed by atoms with E-state index in [0.717, 1.165) is 24.2 Å². The molecule has 1 aromatic rings. The quantitative estimate of drug-likeness (QED) is 0.844. The van der Waals surface area contributed by atoms with Crippen molar-refractivity contribution < 1.29 is 19.4 Å². The Hall–Kier alpha value is -2.24. The molecule has 0 aromatic heterocycles. The fourth-order valence-electron chi connectivity index (χ4n) is 2.20. The van der Waals surface area contributed by atoms with Gasteiger partial charge in [-0.25, -0.2) is 4.79 Å². The largest absolute Gasteiger partial charge is 0.496 e. The van der Waals surface area contributed by atoms with Crippen LogP contribution >= 0.6 is 0 Å². The van der Waals surface area contributed by atoms with Crippen LogP contribution < -0.4 is 10.1 Å². The van der Waals surface area contributed by atoms with Crippen LogP contribution in [0.25, 0.3) is 0 Å². The minimum Gasteiger partial charge on any atom is -0.496 e. The normalized spacial score (nSPS) is 13.6. The second-order valence-electron chi connectivity index (χ2n) is 5.18. The highest BCUT2D eigenvalue weighted by molar-refractivity contribution is 5.90. The van der Waals surface area contributed by atoms with Crippen molar-refractivity contribution in [2.24, 2.45) is 0 Å². The highest BCUT2D eigenvalue weighted by Crippen LogP contribution is 2.28. The fraction of sp³-hybridized carbons (Fsp3) is 0.467. The van der Waals surface area contributed by atoms with Crippen LogP contribution in [0.5, 0.6) is 5.75 Å². The van der Waals surface area contributed by atoms with Gasteiger partial charge in [-0.15, -0.1) is 0 Å². The highest BCUT2D eigenvalue weighted by Gasteiger charge is 2.32. The molecule has 0 atom stereocenters. The van der Waals surface area contributed by atoms with Gasteiger partial charge in [0, 0.05) is 18.3 Å². The molecule has 1 aliphatic carbocycles. The fourth-order valence-corrected chi connectivity index (χ4v) is 2.20. The van der Waals surface area contributed by atoms with Crippen LogP contribution in [-0.4, -0.2) is 41.7 Å². The lowest BCUT2D eigenvalue weighted by Gasteiger charge is -2.22. The van der Waals surface area contributed by atoms with Crippen molar-refractivity contribution in [1.82, 2.24) is 4.90 Å². The van der Waals surface area contributed by atoms with Crippen LogP contribution in [0, 0.1) is 6.92 Å². The number of aryl methyl sites for hydroxylation is 1. The monoisotopic (exact) mass is 292 g/mol. The minimum atomic E-state index is -0.895. The number of hydrogen-bond donors (Lipinski definition) is 2. The first kappa shape index (κ1) is 15.2. The van der Waals surface area contributed by atoms with E-state index in [9.17, 15) is 9.59 Å². The Morgan fingerprint density at radius 2 is 2.14 bits per heavy atom. The number of methoxy groups -OCH3 is 1. The Morgan fingerprint density at radius 1 is 1.43 bits per heavy atom. The molecule has 1 fully saturated rings. The number of ether oxygens (including phenoxy) is 1. The summed E-state index contributed by atoms with van der Waals surface area (Å²) < 4.78 is 5.18. The van der Waals surface area contributed by atoms with E-state index in [1.807, 2.05) is 13.0 Å². The number of amides is 2. The van der Waals surface area contributed by atoms with Crippen molar-refractivity contribution in [2.45, 2.75) is 32.2 Å². The summed E-state index contributed by atoms with van der Waals surface area (Å²) in [5.41, 5.74) is 1.61. The van der Waals surface area contributed by atoms with Gasteiger partial charge in [0.25, 0.3) is 0 Å². The van der Waals surface area contributed by atoms with E-state index in [0.29, 0.717) is 5.69 Å². The second kappa shape index (κ2) is 6.47. The molecular formula is C15H20N2O4. The Bertz CT molecular complexity index is 540. The average Bonchev–Trinajstić information content (AvgIpc) is 3.23. The van der Waals surface area contributed by atoms with E-state index in [4.69, 9.17) is 9.84 Å². The molecule has 2 rings (SSSR count). The summed E-state index contributed by atoms with van der Waals surface area (Å²) in [7, 11) is 1.60. The van der Waals surface area contributed by atoms with E-state index >= 15 is 0 Å². The van der Waals surface area contributed by atoms with Gasteiger partial charge >= 0.3 is 12.0 Å². The van der Waals surface area contributed by atoms with E-state index in [-0.39, 0.29) is 25.0 Å². The van der Waals surface area contributed by atoms with Gasteiger partial charge in [-0.05, 0) is 43.5 Å². The van der Waals surface area contributed by atoms with Gasteiger partial charge in [0.15, 0.2) is 0 Å². The number of carbonyl (C=O) groups is 2. The minimum absolute atomic E-state index is 0.0362. The number of hydrogen-bond acceptors (Lipinski definition) is 3. The predicted molar refractivity (Wildman–Crippen MR) is 78.7 cm³/mol. The summed E-state index contributed by atoms with van der Waals surface area (Å²) >= 11 is 0. The molecule has 2 amide bonds. The maximum atomic E-state index is 12.3. The Balaban J connectivity index is 2.01. The van der Waals surface area contributed by atoms with Gasteiger partial charge in [0.05, 0.1) is 13.5 Å². The van der Waals surface area contributed by atoms with Crippen molar-refractivity contribution in [3.8, 4) is 5.75 Å². The first-order valence-corrected chi connectivity index (χ1v) is 6.95. The first-order chi connectivity index (χ1) is 10.0. The van der Waals surface area contributed by atoms with Gasteiger partial charge < -0.3 is 20.1 Å². The van der Waals surface area contributed by atoms with Crippen LogP contribution in [-0.2, 0) is 4.79 Å². The van der Waals surface area contributed by atoms with Crippen molar-refractivity contribution in [1.29, 1.82) is 0 Å². The number of nitrogens with one attached hydrogen (secondary N) is 1. The van der Waals surface area contributed by atoms with Gasteiger partial charge in [-0.3, -0.25) is 4.79 Å². The zero-order valence-electron chi connectivity index (χ0n) is 12.3. The lowest BCUT2D eigenvalue weighted by molar-refractivity contribution is -0.137. The zero-order valence-corrected chi connectivity index (χ0v) is 12.3. The Kier molecular flexibility index (Phi) is 4.67. The van der Waals surface area contributed by atoms with Gasteiger partial charge in [-0.1, -0.05) is 0 Å². The lowest BCUT2D eigenvalue weighted by atomic mass is 10.2. The summed E-state index contributed by atoms with van der Waals surface area (Å²) in [5, 5.41) is 11.6. The number of rotatable bonds is 6. The topological polar surface area (TPSA) is 78.9 Å². The molecule has 0 radical (unpaired) electrons. The molecule has 6 nitrogen and oxygen atoms in total. The standard InChI is InChI=1S/C15H20N2O4/c1-10-9-11(3-6-13(10)21-2)16-15(20)17(12-4-5-12)8-7-14(18)19/h3,6,9,12H,4-5,7-8H2,1-2H3,(H,16,20)(H,18,19). The average molecular weight is 292 g/mol. The van der Waals surface area contributed by atoms with Crippen LogP contribution in [0.1, 0.15) is 24.8 Å². The smallest absolute Gasteiger partial charge is 0.322 e. The Morgan fingerprint density at radius 3 is 2.67 bits per heavy atom. The highest BCUT2D eigenvalue weighted by atomic mass is 16.5. The molecule has 0 aliphatic heterocycles. The van der Waals surface area contributed by atoms with E-state index in [1.54, 1.807) is 24.1 Å². The zero-order chi connectivity index (χ0) is 15.4. The lowest BCUT2D eigenvalue weighted by Crippen LogP contribution is -2.38. The number of carboxylic acid groups (broad SMARTS) is 1. The number of aliphatic carboxylic acids is 1. The van der Waals surface area contributed by atoms with Gasteiger partial charge in [0.2, 0.25) is 0 Å². The molecule has 1 aromatic carbocycles. The second-order valence-corrected chi connectivity index (χ2v) is 5.18.